The summed E-state index contributed by atoms with van der Waals surface area (Å²) in [7, 11) is -4.22. The number of sulfonamides is 1. The molecule has 0 saturated carbocycles. The molecule has 2 atom stereocenters. The van der Waals surface area contributed by atoms with E-state index in [4.69, 9.17) is 27.9 Å². The molecular formula is C30H39Cl2N3O5S. The van der Waals surface area contributed by atoms with Crippen molar-refractivity contribution in [2.24, 2.45) is 0 Å². The molecule has 1 aliphatic carbocycles. The van der Waals surface area contributed by atoms with Crippen LogP contribution in [0.2, 0.25) is 10.0 Å². The molecule has 1 amide bonds. The summed E-state index contributed by atoms with van der Waals surface area (Å²) in [5.41, 5.74) is 2.69. The second kappa shape index (κ2) is 13.4. The third-order valence-electron chi connectivity index (χ3n) is 7.29. The first kappa shape index (κ1) is 31.8. The maximum atomic E-state index is 13.3. The van der Waals surface area contributed by atoms with Gasteiger partial charge in [-0.2, -0.15) is 4.72 Å². The Hall–Kier alpha value is -2.17. The number of nitrogens with one attached hydrogen (secondary N) is 2. The van der Waals surface area contributed by atoms with Crippen LogP contribution in [0.25, 0.3) is 0 Å². The SMILES string of the molecule is CC(C)(C)OC(=O)[C@@H](CC(=O)N[C@H]1CCCc2cc(CN3CCCCC3)ccc21)NS(=O)(=O)c1ccc(Cl)c(Cl)c1. The number of aryl methyl sites for hydroxylation is 1. The highest BCUT2D eigenvalue weighted by Gasteiger charge is 2.33. The Morgan fingerprint density at radius 1 is 1.02 bits per heavy atom. The monoisotopic (exact) mass is 623 g/mol. The molecular weight excluding hydrogens is 585 g/mol. The summed E-state index contributed by atoms with van der Waals surface area (Å²) in [6.07, 6.45) is 5.99. The number of benzene rings is 2. The van der Waals surface area contributed by atoms with Crippen molar-refractivity contribution in [3.8, 4) is 0 Å². The largest absolute Gasteiger partial charge is 0.459 e. The molecule has 2 aromatic carbocycles. The fourth-order valence-electron chi connectivity index (χ4n) is 5.38. The summed E-state index contributed by atoms with van der Waals surface area (Å²) in [6.45, 7) is 8.21. The van der Waals surface area contributed by atoms with Gasteiger partial charge in [-0.05, 0) is 101 Å². The van der Waals surface area contributed by atoms with Gasteiger partial charge in [0.25, 0.3) is 0 Å². The van der Waals surface area contributed by atoms with E-state index < -0.39 is 40.0 Å². The maximum absolute atomic E-state index is 13.3. The average Bonchev–Trinajstić information content (AvgIpc) is 2.89. The number of hydrogen-bond donors (Lipinski definition) is 2. The molecule has 0 aromatic heterocycles. The second-order valence-corrected chi connectivity index (χ2v) is 14.4. The molecule has 1 aliphatic heterocycles. The summed E-state index contributed by atoms with van der Waals surface area (Å²) in [4.78, 5) is 28.6. The van der Waals surface area contributed by atoms with Crippen molar-refractivity contribution >= 4 is 45.1 Å². The molecule has 1 saturated heterocycles. The van der Waals surface area contributed by atoms with Crippen LogP contribution in [-0.2, 0) is 37.3 Å². The molecule has 1 heterocycles. The molecule has 2 aromatic rings. The van der Waals surface area contributed by atoms with Crippen LogP contribution in [0, 0.1) is 0 Å². The van der Waals surface area contributed by atoms with Gasteiger partial charge >= 0.3 is 5.97 Å². The number of amides is 1. The predicted molar refractivity (Wildman–Crippen MR) is 160 cm³/mol. The zero-order chi connectivity index (χ0) is 29.8. The van der Waals surface area contributed by atoms with Gasteiger partial charge in [-0.15, -0.1) is 0 Å². The van der Waals surface area contributed by atoms with Crippen molar-refractivity contribution in [1.82, 2.24) is 14.9 Å². The standard InChI is InChI=1S/C30H39Cl2N3O5S/c1-30(2,3)40-29(37)27(34-41(38,39)22-11-13-24(31)25(32)17-22)18-28(36)33-26-9-7-8-21-16-20(10-12-23(21)26)19-35-14-5-4-6-15-35/h10-13,16-17,26-27,34H,4-9,14-15,18-19H2,1-3H3,(H,33,36)/t26-,27+/m0/s1. The van der Waals surface area contributed by atoms with Crippen LogP contribution in [0.15, 0.2) is 41.3 Å². The zero-order valence-electron chi connectivity index (χ0n) is 23.8. The van der Waals surface area contributed by atoms with E-state index in [0.29, 0.717) is 0 Å². The lowest BCUT2D eigenvalue weighted by Crippen LogP contribution is -2.47. The van der Waals surface area contributed by atoms with Crippen molar-refractivity contribution in [3.05, 3.63) is 63.1 Å². The van der Waals surface area contributed by atoms with Crippen molar-refractivity contribution in [2.75, 3.05) is 13.1 Å². The number of ether oxygens (including phenoxy) is 1. The van der Waals surface area contributed by atoms with Crippen LogP contribution >= 0.6 is 23.2 Å². The minimum Gasteiger partial charge on any atom is -0.459 e. The van der Waals surface area contributed by atoms with E-state index >= 15 is 0 Å². The molecule has 4 rings (SSSR count). The van der Waals surface area contributed by atoms with Crippen molar-refractivity contribution in [1.29, 1.82) is 0 Å². The van der Waals surface area contributed by atoms with Gasteiger partial charge in [-0.1, -0.05) is 47.8 Å². The Balaban J connectivity index is 1.47. The molecule has 0 unspecified atom stereocenters. The van der Waals surface area contributed by atoms with Gasteiger partial charge in [0.15, 0.2) is 0 Å². The topological polar surface area (TPSA) is 105 Å². The quantitative estimate of drug-likeness (QED) is 0.355. The summed E-state index contributed by atoms with van der Waals surface area (Å²) in [6, 6.07) is 8.63. The summed E-state index contributed by atoms with van der Waals surface area (Å²) in [5, 5.41) is 3.28. The van der Waals surface area contributed by atoms with Crippen LogP contribution in [-0.4, -0.2) is 49.9 Å². The van der Waals surface area contributed by atoms with Gasteiger partial charge in [0.05, 0.1) is 27.4 Å². The number of rotatable bonds is 9. The first-order valence-electron chi connectivity index (χ1n) is 14.1. The molecule has 1 fully saturated rings. The van der Waals surface area contributed by atoms with Gasteiger partial charge in [0, 0.05) is 6.54 Å². The number of piperidine rings is 1. The van der Waals surface area contributed by atoms with E-state index in [-0.39, 0.29) is 21.0 Å². The molecule has 11 heteroatoms. The second-order valence-electron chi connectivity index (χ2n) is 11.9. The van der Waals surface area contributed by atoms with Gasteiger partial charge in [-0.25, -0.2) is 8.42 Å². The molecule has 224 valence electrons. The predicted octanol–water partition coefficient (Wildman–Crippen LogP) is 5.55. The zero-order valence-corrected chi connectivity index (χ0v) is 26.2. The van der Waals surface area contributed by atoms with Crippen molar-refractivity contribution in [3.63, 3.8) is 0 Å². The Bertz CT molecular complexity index is 1370. The smallest absolute Gasteiger partial charge is 0.325 e. The first-order chi connectivity index (χ1) is 19.3. The molecule has 8 nitrogen and oxygen atoms in total. The number of carbonyl (C=O) groups excluding carboxylic acids is 2. The van der Waals surface area contributed by atoms with Crippen LogP contribution in [0.1, 0.15) is 82.0 Å². The minimum absolute atomic E-state index is 0.0520. The summed E-state index contributed by atoms with van der Waals surface area (Å²) >= 11 is 11.9. The lowest BCUT2D eigenvalue weighted by Gasteiger charge is -2.30. The Morgan fingerprint density at radius 3 is 2.44 bits per heavy atom. The third kappa shape index (κ3) is 8.91. The van der Waals surface area contributed by atoms with Crippen LogP contribution < -0.4 is 10.0 Å². The molecule has 2 N–H and O–H groups in total. The average molecular weight is 625 g/mol. The van der Waals surface area contributed by atoms with Gasteiger partial charge < -0.3 is 10.1 Å². The summed E-state index contributed by atoms with van der Waals surface area (Å²) < 4.78 is 34.1. The van der Waals surface area contributed by atoms with E-state index in [2.05, 4.69) is 33.1 Å². The fourth-order valence-corrected chi connectivity index (χ4v) is 6.95. The van der Waals surface area contributed by atoms with Crippen molar-refractivity contribution in [2.45, 2.75) is 94.8 Å². The van der Waals surface area contributed by atoms with Gasteiger partial charge in [0.1, 0.15) is 11.6 Å². The number of halogens is 2. The lowest BCUT2D eigenvalue weighted by atomic mass is 9.86. The third-order valence-corrected chi connectivity index (χ3v) is 9.50. The van der Waals surface area contributed by atoms with E-state index in [9.17, 15) is 18.0 Å². The van der Waals surface area contributed by atoms with E-state index in [1.165, 1.54) is 48.6 Å². The number of nitrogens with zero attached hydrogens (tertiary/aromatic N) is 1. The van der Waals surface area contributed by atoms with Gasteiger partial charge in [0.2, 0.25) is 15.9 Å². The fraction of sp³-hybridized carbons (Fsp3) is 0.533. The number of carbonyl (C=O) groups is 2. The Labute approximate surface area is 253 Å². The molecule has 0 radical (unpaired) electrons. The minimum atomic E-state index is -4.22. The maximum Gasteiger partial charge on any atom is 0.325 e. The van der Waals surface area contributed by atoms with Crippen LogP contribution in [0.4, 0.5) is 0 Å². The van der Waals surface area contributed by atoms with Gasteiger partial charge in [-0.3, -0.25) is 14.5 Å². The highest BCUT2D eigenvalue weighted by molar-refractivity contribution is 7.89. The normalized spacial score (nSPS) is 18.8. The number of hydrogen-bond acceptors (Lipinski definition) is 6. The van der Waals surface area contributed by atoms with Crippen molar-refractivity contribution < 1.29 is 22.7 Å². The molecule has 2 aliphatic rings. The summed E-state index contributed by atoms with van der Waals surface area (Å²) in [5.74, 6) is -1.30. The van der Waals surface area contributed by atoms with Crippen LogP contribution in [0.5, 0.6) is 0 Å². The molecule has 0 bridgehead atoms. The Kier molecular flexibility index (Phi) is 10.4. The highest BCUT2D eigenvalue weighted by Crippen LogP contribution is 2.31. The first-order valence-corrected chi connectivity index (χ1v) is 16.4. The Morgan fingerprint density at radius 2 is 1.76 bits per heavy atom. The number of likely N-dealkylation sites (tertiary alicyclic amines) is 1. The highest BCUT2D eigenvalue weighted by atomic mass is 35.5. The number of esters is 1. The van der Waals surface area contributed by atoms with E-state index in [0.717, 1.165) is 44.5 Å². The van der Waals surface area contributed by atoms with Crippen LogP contribution in [0.3, 0.4) is 0 Å². The van der Waals surface area contributed by atoms with E-state index in [1.807, 2.05) is 0 Å². The molecule has 0 spiro atoms. The number of fused-ring (bicyclic) bond motifs is 1. The van der Waals surface area contributed by atoms with E-state index in [1.54, 1.807) is 20.8 Å². The molecule has 41 heavy (non-hydrogen) atoms. The lowest BCUT2D eigenvalue weighted by molar-refractivity contribution is -0.158.